The van der Waals surface area contributed by atoms with Crippen molar-refractivity contribution in [2.75, 3.05) is 17.3 Å². The number of halogens is 1. The van der Waals surface area contributed by atoms with Crippen LogP contribution in [-0.2, 0) is 0 Å². The second-order valence-electron chi connectivity index (χ2n) is 4.05. The Hall–Kier alpha value is -1.13. The molecule has 3 N–H and O–H groups in total. The Bertz CT molecular complexity index is 570. The molecule has 2 nitrogen and oxygen atoms in total. The lowest BCUT2D eigenvalue weighted by molar-refractivity contribution is 1.40. The van der Waals surface area contributed by atoms with Crippen molar-refractivity contribution < 1.29 is 0 Å². The molecule has 0 aliphatic heterocycles. The fourth-order valence-corrected chi connectivity index (χ4v) is 2.57. The highest BCUT2D eigenvalue weighted by atomic mass is 79.9. The van der Waals surface area contributed by atoms with Crippen LogP contribution < -0.4 is 11.1 Å². The van der Waals surface area contributed by atoms with Crippen molar-refractivity contribution in [3.05, 3.63) is 46.4 Å². The van der Waals surface area contributed by atoms with Crippen LogP contribution in [0.1, 0.15) is 5.56 Å². The molecule has 0 aliphatic carbocycles. The first kappa shape index (κ1) is 13.3. The maximum Gasteiger partial charge on any atom is 0.0532 e. The van der Waals surface area contributed by atoms with Gasteiger partial charge in [0.25, 0.3) is 0 Å². The van der Waals surface area contributed by atoms with Gasteiger partial charge in [-0.1, -0.05) is 6.07 Å². The van der Waals surface area contributed by atoms with E-state index in [1.807, 2.05) is 25.1 Å². The Morgan fingerprint density at radius 3 is 2.72 bits per heavy atom. The van der Waals surface area contributed by atoms with Crippen LogP contribution in [0.3, 0.4) is 0 Å². The van der Waals surface area contributed by atoms with Gasteiger partial charge < -0.3 is 11.1 Å². The molecule has 2 aromatic carbocycles. The minimum Gasteiger partial charge on any atom is -0.398 e. The molecule has 18 heavy (non-hydrogen) atoms. The maximum atomic E-state index is 5.87. The van der Waals surface area contributed by atoms with Crippen molar-refractivity contribution in [3.63, 3.8) is 0 Å². The fraction of sp³-hybridized carbons (Fsp3) is 0.143. The second-order valence-corrected chi connectivity index (χ2v) is 5.78. The van der Waals surface area contributed by atoms with Crippen LogP contribution in [-0.4, -0.2) is 6.26 Å². The van der Waals surface area contributed by atoms with E-state index in [9.17, 15) is 0 Å². The number of rotatable bonds is 3. The monoisotopic (exact) mass is 322 g/mol. The van der Waals surface area contributed by atoms with Gasteiger partial charge in [0.15, 0.2) is 0 Å². The summed E-state index contributed by atoms with van der Waals surface area (Å²) in [6.45, 7) is 2.01. The van der Waals surface area contributed by atoms with Gasteiger partial charge in [-0.3, -0.25) is 0 Å². The minimum absolute atomic E-state index is 0.797. The van der Waals surface area contributed by atoms with Gasteiger partial charge in [-0.05, 0) is 65.0 Å². The normalized spacial score (nSPS) is 10.4. The van der Waals surface area contributed by atoms with E-state index in [4.69, 9.17) is 5.73 Å². The number of hydrogen-bond acceptors (Lipinski definition) is 3. The molecule has 0 heterocycles. The smallest absolute Gasteiger partial charge is 0.0532 e. The lowest BCUT2D eigenvalue weighted by Crippen LogP contribution is -1.95. The summed E-state index contributed by atoms with van der Waals surface area (Å²) in [6.07, 6.45) is 2.07. The molecule has 0 aliphatic rings. The number of thioether (sulfide) groups is 1. The lowest BCUT2D eigenvalue weighted by atomic mass is 10.2. The van der Waals surface area contributed by atoms with E-state index in [1.165, 1.54) is 4.90 Å². The van der Waals surface area contributed by atoms with Crippen molar-refractivity contribution in [1.82, 2.24) is 0 Å². The summed E-state index contributed by atoms with van der Waals surface area (Å²) < 4.78 is 0.972. The number of anilines is 3. The maximum absolute atomic E-state index is 5.87. The molecular formula is C14H15BrN2S. The highest BCUT2D eigenvalue weighted by Crippen LogP contribution is 2.31. The summed E-state index contributed by atoms with van der Waals surface area (Å²) in [4.78, 5) is 1.24. The first-order valence-corrected chi connectivity index (χ1v) is 7.58. The second kappa shape index (κ2) is 5.67. The molecule has 94 valence electrons. The Morgan fingerprint density at radius 1 is 1.22 bits per heavy atom. The van der Waals surface area contributed by atoms with Crippen LogP contribution in [0, 0.1) is 6.92 Å². The van der Waals surface area contributed by atoms with Gasteiger partial charge in [0, 0.05) is 20.7 Å². The van der Waals surface area contributed by atoms with Gasteiger partial charge in [-0.15, -0.1) is 11.8 Å². The van der Waals surface area contributed by atoms with Crippen LogP contribution in [0.4, 0.5) is 17.1 Å². The molecule has 0 spiro atoms. The third-order valence-electron chi connectivity index (χ3n) is 2.70. The molecule has 0 atom stereocenters. The highest BCUT2D eigenvalue weighted by Gasteiger charge is 2.04. The Balaban J connectivity index is 2.30. The number of hydrogen-bond donors (Lipinski definition) is 2. The number of benzene rings is 2. The fourth-order valence-electron chi connectivity index (χ4n) is 1.65. The molecule has 0 radical (unpaired) electrons. The van der Waals surface area contributed by atoms with Crippen LogP contribution in [0.15, 0.2) is 45.8 Å². The summed E-state index contributed by atoms with van der Waals surface area (Å²) >= 11 is 5.26. The summed E-state index contributed by atoms with van der Waals surface area (Å²) in [5, 5.41) is 3.40. The summed E-state index contributed by atoms with van der Waals surface area (Å²) in [5.74, 6) is 0. The van der Waals surface area contributed by atoms with E-state index in [-0.39, 0.29) is 0 Å². The van der Waals surface area contributed by atoms with E-state index < -0.39 is 0 Å². The van der Waals surface area contributed by atoms with Gasteiger partial charge >= 0.3 is 0 Å². The Morgan fingerprint density at radius 2 is 2.00 bits per heavy atom. The van der Waals surface area contributed by atoms with Gasteiger partial charge in [-0.2, -0.15) is 0 Å². The van der Waals surface area contributed by atoms with Gasteiger partial charge in [0.05, 0.1) is 5.69 Å². The molecule has 0 saturated heterocycles. The van der Waals surface area contributed by atoms with Crippen LogP contribution in [0.5, 0.6) is 0 Å². The van der Waals surface area contributed by atoms with Crippen molar-refractivity contribution >= 4 is 44.8 Å². The Labute approximate surface area is 120 Å². The quantitative estimate of drug-likeness (QED) is 0.629. The predicted octanol–water partition coefficient (Wildman–Crippen LogP) is 4.81. The molecular weight excluding hydrogens is 308 g/mol. The van der Waals surface area contributed by atoms with Crippen molar-refractivity contribution in [2.45, 2.75) is 11.8 Å². The van der Waals surface area contributed by atoms with Gasteiger partial charge in [0.2, 0.25) is 0 Å². The topological polar surface area (TPSA) is 38.0 Å². The third kappa shape index (κ3) is 3.00. The zero-order valence-corrected chi connectivity index (χ0v) is 12.7. The molecule has 0 bridgehead atoms. The number of nitrogens with two attached hydrogens (primary N) is 1. The lowest BCUT2D eigenvalue weighted by Gasteiger charge is -2.12. The first-order chi connectivity index (χ1) is 8.60. The zero-order chi connectivity index (χ0) is 13.1. The average Bonchev–Trinajstić information content (AvgIpc) is 2.36. The van der Waals surface area contributed by atoms with Crippen molar-refractivity contribution in [2.24, 2.45) is 0 Å². The molecule has 0 saturated carbocycles. The number of nitrogens with one attached hydrogen (secondary N) is 1. The molecule has 0 amide bonds. The summed E-state index contributed by atoms with van der Waals surface area (Å²) in [7, 11) is 0. The van der Waals surface area contributed by atoms with E-state index in [2.05, 4.69) is 45.7 Å². The first-order valence-electron chi connectivity index (χ1n) is 5.57. The SMILES string of the molecule is CSc1cccc(Nc2cc(C)c(N)cc2Br)c1. The standard InChI is InChI=1S/C14H15BrN2S/c1-9-6-14(12(15)8-13(9)16)17-10-4-3-5-11(7-10)18-2/h3-8,17H,16H2,1-2H3. The van der Waals surface area contributed by atoms with Gasteiger partial charge in [-0.25, -0.2) is 0 Å². The van der Waals surface area contributed by atoms with Gasteiger partial charge in [0.1, 0.15) is 0 Å². The molecule has 0 unspecified atom stereocenters. The van der Waals surface area contributed by atoms with Crippen molar-refractivity contribution in [3.8, 4) is 0 Å². The predicted molar refractivity (Wildman–Crippen MR) is 84.8 cm³/mol. The molecule has 2 aromatic rings. The van der Waals surface area contributed by atoms with E-state index in [1.54, 1.807) is 11.8 Å². The largest absolute Gasteiger partial charge is 0.398 e. The van der Waals surface area contributed by atoms with E-state index in [0.29, 0.717) is 0 Å². The van der Waals surface area contributed by atoms with Crippen LogP contribution >= 0.6 is 27.7 Å². The van der Waals surface area contributed by atoms with Crippen LogP contribution in [0.25, 0.3) is 0 Å². The number of aryl methyl sites for hydroxylation is 1. The molecule has 2 rings (SSSR count). The van der Waals surface area contributed by atoms with E-state index in [0.717, 1.165) is 27.1 Å². The van der Waals surface area contributed by atoms with E-state index >= 15 is 0 Å². The highest BCUT2D eigenvalue weighted by molar-refractivity contribution is 9.10. The molecule has 0 fully saturated rings. The molecule has 4 heteroatoms. The Kier molecular flexibility index (Phi) is 4.19. The van der Waals surface area contributed by atoms with Crippen molar-refractivity contribution in [1.29, 1.82) is 0 Å². The average molecular weight is 323 g/mol. The number of nitrogen functional groups attached to an aromatic ring is 1. The zero-order valence-electron chi connectivity index (χ0n) is 10.3. The van der Waals surface area contributed by atoms with Crippen LogP contribution in [0.2, 0.25) is 0 Å². The third-order valence-corrected chi connectivity index (χ3v) is 4.09. The molecule has 0 aromatic heterocycles. The minimum atomic E-state index is 0.797. The summed E-state index contributed by atoms with van der Waals surface area (Å²) in [6, 6.07) is 12.3. The summed E-state index contributed by atoms with van der Waals surface area (Å²) in [5.41, 5.74) is 9.84.